The summed E-state index contributed by atoms with van der Waals surface area (Å²) in [7, 11) is 1.61. The van der Waals surface area contributed by atoms with Crippen LogP contribution in [0.5, 0.6) is 5.75 Å². The van der Waals surface area contributed by atoms with Gasteiger partial charge in [0.15, 0.2) is 5.78 Å². The molecule has 1 heterocycles. The number of pyridine rings is 1. The first-order valence-corrected chi connectivity index (χ1v) is 6.23. The van der Waals surface area contributed by atoms with Crippen LogP contribution in [0.2, 0.25) is 5.02 Å². The molecule has 0 radical (unpaired) electrons. The van der Waals surface area contributed by atoms with Crippen LogP contribution < -0.4 is 4.74 Å². The number of aromatic nitrogens is 1. The van der Waals surface area contributed by atoms with Gasteiger partial charge in [0.05, 0.1) is 18.3 Å². The second kappa shape index (κ2) is 5.41. The molecule has 0 bridgehead atoms. The molecule has 2 rings (SSSR count). The van der Waals surface area contributed by atoms with Gasteiger partial charge < -0.3 is 4.74 Å². The summed E-state index contributed by atoms with van der Waals surface area (Å²) in [5.41, 5.74) is 2.40. The van der Waals surface area contributed by atoms with E-state index in [9.17, 15) is 4.79 Å². The normalized spacial score (nSPS) is 11.2. The van der Waals surface area contributed by atoms with Crippen LogP contribution in [0.1, 0.15) is 18.2 Å². The summed E-state index contributed by atoms with van der Waals surface area (Å²) in [5, 5.41) is 1.51. The molecule has 0 saturated heterocycles. The molecule has 98 valence electrons. The van der Waals surface area contributed by atoms with Gasteiger partial charge in [0.25, 0.3) is 0 Å². The fourth-order valence-electron chi connectivity index (χ4n) is 1.94. The van der Waals surface area contributed by atoms with E-state index in [2.05, 4.69) is 4.98 Å². The van der Waals surface area contributed by atoms with Gasteiger partial charge in [-0.3, -0.25) is 4.79 Å². The lowest BCUT2D eigenvalue weighted by molar-refractivity contribution is -0.112. The summed E-state index contributed by atoms with van der Waals surface area (Å²) in [4.78, 5) is 15.5. The number of nitrogens with zero attached hydrogens (tertiary/aromatic N) is 1. The average molecular weight is 276 g/mol. The third-order valence-electron chi connectivity index (χ3n) is 2.85. The summed E-state index contributed by atoms with van der Waals surface area (Å²) in [6, 6.07) is 5.45. The van der Waals surface area contributed by atoms with Crippen molar-refractivity contribution < 1.29 is 9.53 Å². The Hall–Kier alpha value is -1.87. The van der Waals surface area contributed by atoms with E-state index in [-0.39, 0.29) is 5.78 Å². The molecule has 0 aliphatic heterocycles. The zero-order valence-electron chi connectivity index (χ0n) is 11.0. The van der Waals surface area contributed by atoms with Crippen LogP contribution >= 0.6 is 11.6 Å². The predicted molar refractivity (Wildman–Crippen MR) is 77.8 cm³/mol. The van der Waals surface area contributed by atoms with Crippen molar-refractivity contribution >= 4 is 34.4 Å². The molecule has 0 aliphatic rings. The highest BCUT2D eigenvalue weighted by atomic mass is 35.5. The molecule has 0 aliphatic carbocycles. The lowest BCUT2D eigenvalue weighted by Gasteiger charge is -2.11. The molecule has 0 spiro atoms. The minimum atomic E-state index is -0.0173. The molecule has 0 atom stereocenters. The number of carbonyl (C=O) groups excluding carboxylic acids is 1. The van der Waals surface area contributed by atoms with E-state index >= 15 is 0 Å². The summed E-state index contributed by atoms with van der Waals surface area (Å²) in [6.45, 7) is 3.41. The quantitative estimate of drug-likeness (QED) is 0.800. The topological polar surface area (TPSA) is 39.2 Å². The lowest BCUT2D eigenvalue weighted by Crippen LogP contribution is -1.96. The first-order valence-electron chi connectivity index (χ1n) is 5.85. The molecule has 0 unspecified atom stereocenters. The maximum absolute atomic E-state index is 11.0. The summed E-state index contributed by atoms with van der Waals surface area (Å²) in [5.74, 6) is 0.715. The number of benzene rings is 1. The Kier molecular flexibility index (Phi) is 3.86. The Morgan fingerprint density at radius 1 is 1.42 bits per heavy atom. The number of carbonyl (C=O) groups is 1. The molecule has 2 aromatic rings. The molecule has 19 heavy (non-hydrogen) atoms. The van der Waals surface area contributed by atoms with Crippen molar-refractivity contribution in [3.8, 4) is 5.75 Å². The number of hydrogen-bond donors (Lipinski definition) is 0. The number of ketones is 1. The fraction of sp³-hybridized carbons (Fsp3) is 0.200. The lowest BCUT2D eigenvalue weighted by atomic mass is 10.1. The number of methoxy groups -OCH3 is 1. The minimum absolute atomic E-state index is 0.0173. The van der Waals surface area contributed by atoms with Crippen molar-refractivity contribution in [2.45, 2.75) is 13.8 Å². The molecule has 0 saturated carbocycles. The third kappa shape index (κ3) is 2.76. The zero-order valence-corrected chi connectivity index (χ0v) is 11.8. The Labute approximate surface area is 116 Å². The van der Waals surface area contributed by atoms with Crippen molar-refractivity contribution in [2.75, 3.05) is 7.11 Å². The summed E-state index contributed by atoms with van der Waals surface area (Å²) < 4.78 is 5.44. The van der Waals surface area contributed by atoms with Crippen molar-refractivity contribution in [3.05, 3.63) is 40.6 Å². The van der Waals surface area contributed by atoms with Crippen LogP contribution in [0.15, 0.2) is 24.3 Å². The molecule has 1 aromatic carbocycles. The van der Waals surface area contributed by atoms with Crippen molar-refractivity contribution in [2.24, 2.45) is 0 Å². The molecule has 0 N–H and O–H groups in total. The Morgan fingerprint density at radius 2 is 2.16 bits per heavy atom. The smallest absolute Gasteiger partial charge is 0.152 e. The van der Waals surface area contributed by atoms with Gasteiger partial charge in [-0.2, -0.15) is 0 Å². The molecule has 1 aromatic heterocycles. The van der Waals surface area contributed by atoms with Crippen molar-refractivity contribution in [1.82, 2.24) is 4.98 Å². The van der Waals surface area contributed by atoms with Crippen LogP contribution in [0.4, 0.5) is 0 Å². The van der Waals surface area contributed by atoms with E-state index in [1.165, 1.54) is 13.0 Å². The van der Waals surface area contributed by atoms with Crippen LogP contribution in [-0.4, -0.2) is 17.9 Å². The molecule has 4 heteroatoms. The highest BCUT2D eigenvalue weighted by Crippen LogP contribution is 2.32. The molecule has 3 nitrogen and oxygen atoms in total. The number of ether oxygens (including phenoxy) is 1. The van der Waals surface area contributed by atoms with E-state index in [1.807, 2.05) is 19.1 Å². The van der Waals surface area contributed by atoms with Crippen LogP contribution in [0.3, 0.4) is 0 Å². The van der Waals surface area contributed by atoms with Crippen molar-refractivity contribution in [3.63, 3.8) is 0 Å². The molecule has 0 amide bonds. The van der Waals surface area contributed by atoms with Gasteiger partial charge in [-0.1, -0.05) is 11.6 Å². The summed E-state index contributed by atoms with van der Waals surface area (Å²) in [6.07, 6.45) is 3.20. The third-order valence-corrected chi connectivity index (χ3v) is 3.08. The van der Waals surface area contributed by atoms with Crippen molar-refractivity contribution in [1.29, 1.82) is 0 Å². The molecule has 0 fully saturated rings. The fourth-order valence-corrected chi connectivity index (χ4v) is 2.11. The second-order valence-electron chi connectivity index (χ2n) is 4.26. The van der Waals surface area contributed by atoms with Crippen LogP contribution in [0, 0.1) is 6.92 Å². The van der Waals surface area contributed by atoms with Gasteiger partial charge in [0, 0.05) is 16.0 Å². The Balaban J connectivity index is 2.71. The first-order chi connectivity index (χ1) is 9.02. The van der Waals surface area contributed by atoms with E-state index < -0.39 is 0 Å². The number of fused-ring (bicyclic) bond motifs is 1. The number of rotatable bonds is 3. The van der Waals surface area contributed by atoms with Gasteiger partial charge in [0.2, 0.25) is 0 Å². The van der Waals surface area contributed by atoms with Gasteiger partial charge in [0.1, 0.15) is 5.75 Å². The summed E-state index contributed by atoms with van der Waals surface area (Å²) >= 11 is 6.00. The SMILES string of the molecule is COc1c(C)c(C=CC(C)=O)nc2ccc(Cl)cc12. The number of allylic oxidation sites excluding steroid dienone is 1. The molecular weight excluding hydrogens is 262 g/mol. The standard InChI is InChI=1S/C15H14ClNO2/c1-9(18)4-6-13-10(2)15(19-3)12-8-11(16)5-7-14(12)17-13/h4-8H,1-3H3. The maximum atomic E-state index is 11.0. The first kappa shape index (κ1) is 13.6. The monoisotopic (exact) mass is 275 g/mol. The highest BCUT2D eigenvalue weighted by molar-refractivity contribution is 6.31. The molecular formula is C15H14ClNO2. The number of halogens is 1. The van der Waals surface area contributed by atoms with Gasteiger partial charge in [-0.05, 0) is 44.2 Å². The zero-order chi connectivity index (χ0) is 14.0. The average Bonchev–Trinajstić information content (AvgIpc) is 2.36. The predicted octanol–water partition coefficient (Wildman–Crippen LogP) is 3.81. The second-order valence-corrected chi connectivity index (χ2v) is 4.70. The number of hydrogen-bond acceptors (Lipinski definition) is 3. The Morgan fingerprint density at radius 3 is 2.79 bits per heavy atom. The minimum Gasteiger partial charge on any atom is -0.496 e. The van der Waals surface area contributed by atoms with Crippen LogP contribution in [0.25, 0.3) is 17.0 Å². The maximum Gasteiger partial charge on any atom is 0.152 e. The van der Waals surface area contributed by atoms with Gasteiger partial charge >= 0.3 is 0 Å². The van der Waals surface area contributed by atoms with Gasteiger partial charge in [-0.25, -0.2) is 4.98 Å². The highest BCUT2D eigenvalue weighted by Gasteiger charge is 2.11. The van der Waals surface area contributed by atoms with Gasteiger partial charge in [-0.15, -0.1) is 0 Å². The largest absolute Gasteiger partial charge is 0.496 e. The van der Waals surface area contributed by atoms with Crippen LogP contribution in [-0.2, 0) is 4.79 Å². The van der Waals surface area contributed by atoms with E-state index in [1.54, 1.807) is 19.3 Å². The van der Waals surface area contributed by atoms with E-state index in [4.69, 9.17) is 16.3 Å². The Bertz CT molecular complexity index is 677. The van der Waals surface area contributed by atoms with E-state index in [0.717, 1.165) is 27.9 Å². The van der Waals surface area contributed by atoms with E-state index in [0.29, 0.717) is 5.02 Å².